The Bertz CT molecular complexity index is 487. The molecule has 1 rings (SSSR count). The second-order valence-electron chi connectivity index (χ2n) is 4.41. The first-order valence-electron chi connectivity index (χ1n) is 6.04. The Hall–Kier alpha value is -1.25. The van der Waals surface area contributed by atoms with Crippen LogP contribution in [0.4, 0.5) is 5.95 Å². The van der Waals surface area contributed by atoms with E-state index in [1.54, 1.807) is 0 Å². The Labute approximate surface area is 113 Å². The van der Waals surface area contributed by atoms with Crippen LogP contribution in [0.5, 0.6) is 0 Å². The van der Waals surface area contributed by atoms with Crippen molar-refractivity contribution in [1.29, 1.82) is 0 Å². The molecule has 8 heteroatoms. The molecule has 0 aromatic carbocycles. The maximum Gasteiger partial charge on any atom is 0.243 e. The normalized spacial score (nSPS) is 13.7. The maximum atomic E-state index is 12.1. The molecule has 0 bridgehead atoms. The van der Waals surface area contributed by atoms with E-state index >= 15 is 0 Å². The molecule has 0 saturated carbocycles. The molecule has 1 heterocycles. The topological polar surface area (TPSA) is 107 Å². The Kier molecular flexibility index (Phi) is 5.64. The van der Waals surface area contributed by atoms with E-state index in [9.17, 15) is 8.42 Å². The van der Waals surface area contributed by atoms with Gasteiger partial charge < -0.3 is 10.5 Å². The van der Waals surface area contributed by atoms with Gasteiger partial charge in [0.15, 0.2) is 0 Å². The molecule has 1 unspecified atom stereocenters. The minimum atomic E-state index is -3.66. The van der Waals surface area contributed by atoms with Crippen LogP contribution in [0.3, 0.4) is 0 Å². The molecule has 0 spiro atoms. The molecule has 1 aromatic heterocycles. The van der Waals surface area contributed by atoms with Crippen molar-refractivity contribution in [2.75, 3.05) is 18.9 Å². The van der Waals surface area contributed by atoms with Gasteiger partial charge in [0, 0.05) is 12.6 Å². The zero-order chi connectivity index (χ0) is 14.5. The molecule has 1 aromatic rings. The lowest BCUT2D eigenvalue weighted by Crippen LogP contribution is -2.41. The predicted octanol–water partition coefficient (Wildman–Crippen LogP) is 0.398. The fourth-order valence-corrected chi connectivity index (χ4v) is 2.60. The quantitative estimate of drug-likeness (QED) is 0.752. The number of hydrogen-bond acceptors (Lipinski definition) is 6. The fourth-order valence-electron chi connectivity index (χ4n) is 1.34. The van der Waals surface area contributed by atoms with Gasteiger partial charge in [0.2, 0.25) is 16.0 Å². The summed E-state index contributed by atoms with van der Waals surface area (Å²) in [6, 6.07) is -0.303. The van der Waals surface area contributed by atoms with Gasteiger partial charge in [-0.25, -0.2) is 23.1 Å². The zero-order valence-corrected chi connectivity index (χ0v) is 12.1. The van der Waals surface area contributed by atoms with Crippen molar-refractivity contribution < 1.29 is 13.2 Å². The Morgan fingerprint density at radius 3 is 2.42 bits per heavy atom. The third-order valence-electron chi connectivity index (χ3n) is 2.57. The SMILES string of the molecule is CCOCC(NS(=O)(=O)c1cnc(N)nc1)C(C)C. The van der Waals surface area contributed by atoms with Crippen LogP contribution >= 0.6 is 0 Å². The second-order valence-corrected chi connectivity index (χ2v) is 6.12. The van der Waals surface area contributed by atoms with Crippen LogP contribution in [0.15, 0.2) is 17.3 Å². The molecule has 19 heavy (non-hydrogen) atoms. The Balaban J connectivity index is 2.84. The van der Waals surface area contributed by atoms with E-state index in [0.717, 1.165) is 0 Å². The number of nitrogens with two attached hydrogens (primary N) is 1. The lowest BCUT2D eigenvalue weighted by molar-refractivity contribution is 0.116. The fraction of sp³-hybridized carbons (Fsp3) is 0.636. The third kappa shape index (κ3) is 4.73. The number of nitrogens with zero attached hydrogens (tertiary/aromatic N) is 2. The van der Waals surface area contributed by atoms with Crippen molar-refractivity contribution in [1.82, 2.24) is 14.7 Å². The summed E-state index contributed by atoms with van der Waals surface area (Å²) in [5, 5.41) is 0. The average molecular weight is 288 g/mol. The number of rotatable bonds is 7. The monoisotopic (exact) mass is 288 g/mol. The standard InChI is InChI=1S/C11H20N4O3S/c1-4-18-7-10(8(2)3)15-19(16,17)9-5-13-11(12)14-6-9/h5-6,8,10,15H,4,7H2,1-3H3,(H2,12,13,14). The molecule has 3 N–H and O–H groups in total. The van der Waals surface area contributed by atoms with E-state index in [1.807, 2.05) is 20.8 Å². The molecule has 0 saturated heterocycles. The van der Waals surface area contributed by atoms with Gasteiger partial charge in [-0.3, -0.25) is 0 Å². The first-order chi connectivity index (χ1) is 8.86. The zero-order valence-electron chi connectivity index (χ0n) is 11.3. The number of ether oxygens (including phenoxy) is 1. The van der Waals surface area contributed by atoms with Crippen LogP contribution in [-0.4, -0.2) is 37.6 Å². The van der Waals surface area contributed by atoms with Crippen LogP contribution in [0, 0.1) is 5.92 Å². The number of hydrogen-bond donors (Lipinski definition) is 2. The second kappa shape index (κ2) is 6.78. The molecule has 0 amide bonds. The number of sulfonamides is 1. The summed E-state index contributed by atoms with van der Waals surface area (Å²) in [6.45, 7) is 6.57. The van der Waals surface area contributed by atoms with Gasteiger partial charge in [-0.05, 0) is 12.8 Å². The number of nitrogens with one attached hydrogen (secondary N) is 1. The van der Waals surface area contributed by atoms with Gasteiger partial charge in [-0.1, -0.05) is 13.8 Å². The predicted molar refractivity (Wildman–Crippen MR) is 71.9 cm³/mol. The summed E-state index contributed by atoms with van der Waals surface area (Å²) in [7, 11) is -3.66. The molecular weight excluding hydrogens is 268 g/mol. The van der Waals surface area contributed by atoms with E-state index in [-0.39, 0.29) is 22.8 Å². The molecular formula is C11H20N4O3S. The van der Waals surface area contributed by atoms with E-state index < -0.39 is 10.0 Å². The summed E-state index contributed by atoms with van der Waals surface area (Å²) >= 11 is 0. The molecule has 1 atom stereocenters. The maximum absolute atomic E-state index is 12.1. The van der Waals surface area contributed by atoms with E-state index in [2.05, 4.69) is 14.7 Å². The first-order valence-corrected chi connectivity index (χ1v) is 7.52. The highest BCUT2D eigenvalue weighted by Gasteiger charge is 2.23. The summed E-state index contributed by atoms with van der Waals surface area (Å²) in [4.78, 5) is 7.34. The van der Waals surface area contributed by atoms with Crippen molar-refractivity contribution in [3.05, 3.63) is 12.4 Å². The van der Waals surface area contributed by atoms with Crippen LogP contribution < -0.4 is 10.5 Å². The van der Waals surface area contributed by atoms with E-state index in [1.165, 1.54) is 12.4 Å². The minimum Gasteiger partial charge on any atom is -0.380 e. The van der Waals surface area contributed by atoms with Gasteiger partial charge in [0.1, 0.15) is 4.90 Å². The van der Waals surface area contributed by atoms with Crippen molar-refractivity contribution in [2.24, 2.45) is 5.92 Å². The summed E-state index contributed by atoms with van der Waals surface area (Å²) in [5.41, 5.74) is 5.33. The van der Waals surface area contributed by atoms with Crippen LogP contribution in [0.2, 0.25) is 0 Å². The lowest BCUT2D eigenvalue weighted by Gasteiger charge is -2.21. The van der Waals surface area contributed by atoms with Gasteiger partial charge in [-0.15, -0.1) is 0 Å². The summed E-state index contributed by atoms with van der Waals surface area (Å²) < 4.78 is 32.1. The summed E-state index contributed by atoms with van der Waals surface area (Å²) in [5.74, 6) is 0.143. The minimum absolute atomic E-state index is 0.0103. The molecule has 0 aliphatic rings. The summed E-state index contributed by atoms with van der Waals surface area (Å²) in [6.07, 6.45) is 2.37. The van der Waals surface area contributed by atoms with Crippen molar-refractivity contribution >= 4 is 16.0 Å². The van der Waals surface area contributed by atoms with Crippen LogP contribution in [0.25, 0.3) is 0 Å². The Morgan fingerprint density at radius 1 is 1.37 bits per heavy atom. The Morgan fingerprint density at radius 2 is 1.95 bits per heavy atom. The highest BCUT2D eigenvalue weighted by molar-refractivity contribution is 7.89. The van der Waals surface area contributed by atoms with Gasteiger partial charge in [0.25, 0.3) is 0 Å². The molecule has 0 fully saturated rings. The van der Waals surface area contributed by atoms with Crippen molar-refractivity contribution in [3.8, 4) is 0 Å². The van der Waals surface area contributed by atoms with Gasteiger partial charge in [-0.2, -0.15) is 0 Å². The first kappa shape index (κ1) is 15.8. The van der Waals surface area contributed by atoms with Crippen molar-refractivity contribution in [3.63, 3.8) is 0 Å². The largest absolute Gasteiger partial charge is 0.380 e. The number of anilines is 1. The number of aromatic nitrogens is 2. The lowest BCUT2D eigenvalue weighted by atomic mass is 10.1. The molecule has 7 nitrogen and oxygen atoms in total. The third-order valence-corrected chi connectivity index (χ3v) is 4.02. The number of nitrogen functional groups attached to an aromatic ring is 1. The van der Waals surface area contributed by atoms with E-state index in [0.29, 0.717) is 13.2 Å². The van der Waals surface area contributed by atoms with Gasteiger partial charge >= 0.3 is 0 Å². The molecule has 108 valence electrons. The van der Waals surface area contributed by atoms with Crippen LogP contribution in [0.1, 0.15) is 20.8 Å². The molecule has 0 aliphatic carbocycles. The molecule has 0 aliphatic heterocycles. The van der Waals surface area contributed by atoms with Gasteiger partial charge in [0.05, 0.1) is 19.0 Å². The average Bonchev–Trinajstić information content (AvgIpc) is 2.34. The molecule has 0 radical (unpaired) electrons. The smallest absolute Gasteiger partial charge is 0.243 e. The van der Waals surface area contributed by atoms with Crippen LogP contribution in [-0.2, 0) is 14.8 Å². The highest BCUT2D eigenvalue weighted by atomic mass is 32.2. The van der Waals surface area contributed by atoms with E-state index in [4.69, 9.17) is 10.5 Å². The highest BCUT2D eigenvalue weighted by Crippen LogP contribution is 2.10. The van der Waals surface area contributed by atoms with Crippen molar-refractivity contribution in [2.45, 2.75) is 31.7 Å².